The first-order valence-electron chi connectivity index (χ1n) is 12.1. The summed E-state index contributed by atoms with van der Waals surface area (Å²) in [5.41, 5.74) is 0.591. The zero-order valence-corrected chi connectivity index (χ0v) is 19.7. The Balaban J connectivity index is 1.39. The van der Waals surface area contributed by atoms with Gasteiger partial charge < -0.3 is 15.2 Å². The molecule has 4 aliphatic rings. The maximum atomic E-state index is 12.1. The topological polar surface area (TPSA) is 94.7 Å². The molecular formula is C28H31N3O3. The molecule has 176 valence electrons. The molecule has 0 radical (unpaired) electrons. The monoisotopic (exact) mass is 457 g/mol. The molecule has 0 heterocycles. The van der Waals surface area contributed by atoms with Gasteiger partial charge in [-0.15, -0.1) is 0 Å². The van der Waals surface area contributed by atoms with E-state index >= 15 is 0 Å². The van der Waals surface area contributed by atoms with Crippen LogP contribution < -0.4 is 10.1 Å². The Morgan fingerprint density at radius 2 is 1.74 bits per heavy atom. The molecule has 6 rings (SSSR count). The maximum absolute atomic E-state index is 12.1. The fraction of sp³-hybridized carbons (Fsp3) is 0.464. The highest BCUT2D eigenvalue weighted by molar-refractivity contribution is 5.91. The third-order valence-electron chi connectivity index (χ3n) is 8.10. The second-order valence-electron chi connectivity index (χ2n) is 10.8. The van der Waals surface area contributed by atoms with Crippen LogP contribution in [0, 0.1) is 34.6 Å². The zero-order valence-electron chi connectivity index (χ0n) is 19.7. The summed E-state index contributed by atoms with van der Waals surface area (Å²) in [6, 6.07) is 18.1. The highest BCUT2D eigenvalue weighted by Crippen LogP contribution is 2.60. The van der Waals surface area contributed by atoms with Gasteiger partial charge in [0.25, 0.3) is 0 Å². The number of aliphatic imine (C=N–C) groups is 1. The van der Waals surface area contributed by atoms with Gasteiger partial charge in [-0.2, -0.15) is 10.3 Å². The fourth-order valence-electron chi connectivity index (χ4n) is 6.81. The molecule has 0 aliphatic heterocycles. The molecule has 0 saturated heterocycles. The summed E-state index contributed by atoms with van der Waals surface area (Å²) in [6.07, 6.45) is 6.25. The van der Waals surface area contributed by atoms with Gasteiger partial charge in [-0.25, -0.2) is 0 Å². The van der Waals surface area contributed by atoms with E-state index in [2.05, 4.69) is 10.3 Å². The first kappa shape index (κ1) is 22.5. The molecular weight excluding hydrogens is 426 g/mol. The van der Waals surface area contributed by atoms with Crippen molar-refractivity contribution >= 4 is 11.8 Å². The zero-order chi connectivity index (χ0) is 23.9. The van der Waals surface area contributed by atoms with Gasteiger partial charge >= 0.3 is 5.97 Å². The lowest BCUT2D eigenvalue weighted by Crippen LogP contribution is -2.63. The molecule has 4 saturated carbocycles. The number of carboxylic acids is 1. The van der Waals surface area contributed by atoms with E-state index in [0.29, 0.717) is 24.6 Å². The summed E-state index contributed by atoms with van der Waals surface area (Å²) in [6.45, 7) is 3.85. The van der Waals surface area contributed by atoms with Crippen molar-refractivity contribution in [3.05, 3.63) is 54.6 Å². The molecule has 2 atom stereocenters. The third kappa shape index (κ3) is 3.94. The Hall–Kier alpha value is -3.33. The van der Waals surface area contributed by atoms with Gasteiger partial charge in [0.1, 0.15) is 5.75 Å². The molecule has 4 bridgehead atoms. The predicted molar refractivity (Wildman–Crippen MR) is 130 cm³/mol. The summed E-state index contributed by atoms with van der Waals surface area (Å²) >= 11 is 0. The first-order chi connectivity index (χ1) is 16.3. The van der Waals surface area contributed by atoms with Crippen molar-refractivity contribution in [3.63, 3.8) is 0 Å². The Bertz CT molecular complexity index is 1130. The molecule has 4 fully saturated rings. The number of ether oxygens (including phenoxy) is 1. The molecule has 0 spiro atoms. The smallest absolute Gasteiger partial charge is 0.309 e. The lowest BCUT2D eigenvalue weighted by molar-refractivity contribution is -0.166. The van der Waals surface area contributed by atoms with Crippen LogP contribution in [0.5, 0.6) is 5.75 Å². The number of nitriles is 1. The summed E-state index contributed by atoms with van der Waals surface area (Å²) in [4.78, 5) is 16.3. The Morgan fingerprint density at radius 3 is 2.38 bits per heavy atom. The Labute approximate surface area is 200 Å². The summed E-state index contributed by atoms with van der Waals surface area (Å²) in [5.74, 6) is 1.63. The van der Waals surface area contributed by atoms with E-state index in [1.807, 2.05) is 74.6 Å². The van der Waals surface area contributed by atoms with Crippen LogP contribution >= 0.6 is 0 Å². The van der Waals surface area contributed by atoms with Crippen LogP contribution in [0.4, 0.5) is 0 Å². The number of benzene rings is 2. The van der Waals surface area contributed by atoms with E-state index in [1.54, 1.807) is 0 Å². The standard InChI is InChI=1S/C28H31N3O3/c1-27(2,34-23-11-7-6-10-22(23)19-8-4-3-5-9-19)25(30-17-29)31-24-20-12-18-13-21(24)16-28(14-18,15-20)26(32)33/h3-11,18,20-21,24H,12-16H2,1-2H3,(H,30,31)(H,32,33). The van der Waals surface area contributed by atoms with Gasteiger partial charge in [0.05, 0.1) is 5.41 Å². The Morgan fingerprint density at radius 1 is 1.09 bits per heavy atom. The van der Waals surface area contributed by atoms with E-state index < -0.39 is 17.0 Å². The van der Waals surface area contributed by atoms with E-state index in [9.17, 15) is 15.2 Å². The molecule has 2 N–H and O–H groups in total. The molecule has 0 amide bonds. The SMILES string of the molecule is CC(C)(Oc1ccccc1-c1ccccc1)/C(=N/C#N)NC1C2CC3CC1CC(C(=O)O)(C3)C2. The number of carboxylic acid groups (broad SMARTS) is 1. The van der Waals surface area contributed by atoms with Crippen LogP contribution in [-0.2, 0) is 4.79 Å². The van der Waals surface area contributed by atoms with E-state index in [4.69, 9.17) is 4.74 Å². The molecule has 2 aromatic rings. The van der Waals surface area contributed by atoms with Gasteiger partial charge in [0, 0.05) is 11.6 Å². The van der Waals surface area contributed by atoms with Crippen molar-refractivity contribution in [1.29, 1.82) is 5.26 Å². The van der Waals surface area contributed by atoms with Crippen molar-refractivity contribution in [2.45, 2.75) is 57.6 Å². The molecule has 4 aliphatic carbocycles. The number of hydrogen-bond donors (Lipinski definition) is 2. The quantitative estimate of drug-likeness (QED) is 0.351. The van der Waals surface area contributed by atoms with Gasteiger partial charge in [0.2, 0.25) is 6.19 Å². The van der Waals surface area contributed by atoms with Crippen LogP contribution in [0.15, 0.2) is 59.6 Å². The maximum Gasteiger partial charge on any atom is 0.309 e. The fourth-order valence-corrected chi connectivity index (χ4v) is 6.81. The van der Waals surface area contributed by atoms with Crippen molar-refractivity contribution in [2.75, 3.05) is 0 Å². The second-order valence-corrected chi connectivity index (χ2v) is 10.8. The van der Waals surface area contributed by atoms with Crippen molar-refractivity contribution in [1.82, 2.24) is 5.32 Å². The van der Waals surface area contributed by atoms with Gasteiger partial charge in [-0.1, -0.05) is 48.5 Å². The number of para-hydroxylation sites is 1. The molecule has 6 heteroatoms. The van der Waals surface area contributed by atoms with Crippen molar-refractivity contribution in [2.24, 2.45) is 28.2 Å². The normalized spacial score (nSPS) is 30.0. The highest BCUT2D eigenvalue weighted by atomic mass is 16.5. The highest BCUT2D eigenvalue weighted by Gasteiger charge is 2.59. The predicted octanol–water partition coefficient (Wildman–Crippen LogP) is 5.26. The first-order valence-corrected chi connectivity index (χ1v) is 12.1. The number of nitrogens with zero attached hydrogens (tertiary/aromatic N) is 2. The second kappa shape index (κ2) is 8.47. The molecule has 0 aromatic heterocycles. The van der Waals surface area contributed by atoms with Gasteiger partial charge in [-0.05, 0) is 75.3 Å². The van der Waals surface area contributed by atoms with Crippen molar-refractivity contribution < 1.29 is 14.6 Å². The van der Waals surface area contributed by atoms with Crippen LogP contribution in [0.2, 0.25) is 0 Å². The van der Waals surface area contributed by atoms with Gasteiger partial charge in [-0.3, -0.25) is 4.79 Å². The van der Waals surface area contributed by atoms with Crippen LogP contribution in [0.1, 0.15) is 46.0 Å². The average molecular weight is 458 g/mol. The molecule has 2 aromatic carbocycles. The molecule has 6 nitrogen and oxygen atoms in total. The Kier molecular flexibility index (Phi) is 5.59. The number of aliphatic carboxylic acids is 1. The lowest BCUT2D eigenvalue weighted by Gasteiger charge is -2.58. The lowest BCUT2D eigenvalue weighted by atomic mass is 9.48. The van der Waals surface area contributed by atoms with E-state index in [0.717, 1.165) is 36.1 Å². The van der Waals surface area contributed by atoms with Crippen LogP contribution in [0.25, 0.3) is 11.1 Å². The van der Waals surface area contributed by atoms with E-state index in [-0.39, 0.29) is 17.9 Å². The minimum Gasteiger partial charge on any atom is -0.481 e. The number of hydrogen-bond acceptors (Lipinski definition) is 4. The minimum atomic E-state index is -0.875. The van der Waals surface area contributed by atoms with E-state index in [1.165, 1.54) is 0 Å². The third-order valence-corrected chi connectivity index (χ3v) is 8.10. The minimum absolute atomic E-state index is 0.114. The largest absolute Gasteiger partial charge is 0.481 e. The van der Waals surface area contributed by atoms with Crippen LogP contribution in [-0.4, -0.2) is 28.6 Å². The number of carbonyl (C=O) groups is 1. The number of amidine groups is 1. The molecule has 2 unspecified atom stereocenters. The number of nitrogens with one attached hydrogen (secondary N) is 1. The summed E-state index contributed by atoms with van der Waals surface area (Å²) < 4.78 is 6.52. The molecule has 34 heavy (non-hydrogen) atoms. The van der Waals surface area contributed by atoms with Crippen LogP contribution in [0.3, 0.4) is 0 Å². The summed E-state index contributed by atoms with van der Waals surface area (Å²) in [5, 5.41) is 23.0. The average Bonchev–Trinajstić information content (AvgIpc) is 2.81. The number of rotatable bonds is 6. The van der Waals surface area contributed by atoms with Gasteiger partial charge in [0.15, 0.2) is 11.4 Å². The van der Waals surface area contributed by atoms with Crippen molar-refractivity contribution in [3.8, 4) is 23.1 Å². The summed E-state index contributed by atoms with van der Waals surface area (Å²) in [7, 11) is 0.